The molecule has 0 saturated heterocycles. The van der Waals surface area contributed by atoms with Gasteiger partial charge in [-0.3, -0.25) is 9.59 Å². The lowest BCUT2D eigenvalue weighted by Gasteiger charge is -2.25. The predicted molar refractivity (Wildman–Crippen MR) is 109 cm³/mol. The molecule has 1 aliphatic rings. The molecular formula is C23H25F3N2O3. The van der Waals surface area contributed by atoms with Crippen LogP contribution in [0, 0.1) is 11.8 Å². The van der Waals surface area contributed by atoms with E-state index in [1.54, 1.807) is 11.9 Å². The highest BCUT2D eigenvalue weighted by atomic mass is 19.4. The highest BCUT2D eigenvalue weighted by Crippen LogP contribution is 2.33. The first-order valence-corrected chi connectivity index (χ1v) is 10.1. The second-order valence-electron chi connectivity index (χ2n) is 7.73. The maximum atomic E-state index is 12.9. The lowest BCUT2D eigenvalue weighted by molar-refractivity contribution is -0.274. The van der Waals surface area contributed by atoms with Gasteiger partial charge in [-0.1, -0.05) is 48.9 Å². The number of amides is 2. The quantitative estimate of drug-likeness (QED) is 0.708. The summed E-state index contributed by atoms with van der Waals surface area (Å²) >= 11 is 0. The van der Waals surface area contributed by atoms with Gasteiger partial charge in [0.05, 0.1) is 0 Å². The summed E-state index contributed by atoms with van der Waals surface area (Å²) in [4.78, 5) is 27.3. The topological polar surface area (TPSA) is 58.6 Å². The molecule has 2 aromatic rings. The zero-order valence-corrected chi connectivity index (χ0v) is 17.2. The normalized spacial score (nSPS) is 18.5. The van der Waals surface area contributed by atoms with Crippen molar-refractivity contribution in [2.24, 2.45) is 11.8 Å². The van der Waals surface area contributed by atoms with Crippen LogP contribution >= 0.6 is 0 Å². The number of ether oxygens (including phenoxy) is 1. The van der Waals surface area contributed by atoms with E-state index in [0.29, 0.717) is 24.9 Å². The standard InChI is InChI=1S/C23H25F3N2O3/c1-28(15-17-6-3-2-4-7-17)22(30)20-9-5-8-19(20)21(29)27-14-16-10-12-18(13-11-16)31-23(24,25)26/h2-4,6-7,10-13,19-20H,5,8-9,14-15H2,1H3,(H,27,29)/t19-,20-/m1/s1. The van der Waals surface area contributed by atoms with Crippen molar-refractivity contribution in [3.63, 3.8) is 0 Å². The molecular weight excluding hydrogens is 409 g/mol. The van der Waals surface area contributed by atoms with Gasteiger partial charge in [-0.15, -0.1) is 13.2 Å². The smallest absolute Gasteiger partial charge is 0.406 e. The molecule has 5 nitrogen and oxygen atoms in total. The summed E-state index contributed by atoms with van der Waals surface area (Å²) in [5.74, 6) is -1.34. The predicted octanol–water partition coefficient (Wildman–Crippen LogP) is 4.28. The third kappa shape index (κ3) is 6.47. The van der Waals surface area contributed by atoms with E-state index in [2.05, 4.69) is 10.1 Å². The minimum atomic E-state index is -4.74. The van der Waals surface area contributed by atoms with Gasteiger partial charge in [0, 0.05) is 32.0 Å². The van der Waals surface area contributed by atoms with E-state index in [0.717, 1.165) is 12.0 Å². The summed E-state index contributed by atoms with van der Waals surface area (Å²) in [5, 5.41) is 2.81. The molecule has 0 heterocycles. The fourth-order valence-corrected chi connectivity index (χ4v) is 3.92. The number of hydrogen-bond donors (Lipinski definition) is 1. The van der Waals surface area contributed by atoms with Crippen molar-refractivity contribution in [1.29, 1.82) is 0 Å². The van der Waals surface area contributed by atoms with Crippen LogP contribution in [-0.4, -0.2) is 30.1 Å². The summed E-state index contributed by atoms with van der Waals surface area (Å²) in [6.07, 6.45) is -2.64. The number of carbonyl (C=O) groups excluding carboxylic acids is 2. The van der Waals surface area contributed by atoms with Crippen LogP contribution < -0.4 is 10.1 Å². The summed E-state index contributed by atoms with van der Waals surface area (Å²) in [5.41, 5.74) is 1.67. The minimum absolute atomic E-state index is 0.0462. The molecule has 0 radical (unpaired) electrons. The van der Waals surface area contributed by atoms with Crippen LogP contribution in [0.15, 0.2) is 54.6 Å². The molecule has 2 amide bonds. The van der Waals surface area contributed by atoms with Gasteiger partial charge >= 0.3 is 6.36 Å². The summed E-state index contributed by atoms with van der Waals surface area (Å²) in [6.45, 7) is 0.652. The van der Waals surface area contributed by atoms with Crippen molar-refractivity contribution in [1.82, 2.24) is 10.2 Å². The van der Waals surface area contributed by atoms with E-state index in [4.69, 9.17) is 0 Å². The number of rotatable bonds is 7. The number of nitrogens with zero attached hydrogens (tertiary/aromatic N) is 1. The zero-order chi connectivity index (χ0) is 22.4. The van der Waals surface area contributed by atoms with Gasteiger partial charge in [0.25, 0.3) is 0 Å². The van der Waals surface area contributed by atoms with Crippen molar-refractivity contribution in [2.45, 2.75) is 38.7 Å². The van der Waals surface area contributed by atoms with Gasteiger partial charge in [0.15, 0.2) is 0 Å². The second-order valence-corrected chi connectivity index (χ2v) is 7.73. The van der Waals surface area contributed by atoms with Crippen LogP contribution in [-0.2, 0) is 22.7 Å². The number of benzene rings is 2. The van der Waals surface area contributed by atoms with E-state index >= 15 is 0 Å². The van der Waals surface area contributed by atoms with Gasteiger partial charge in [-0.25, -0.2) is 0 Å². The highest BCUT2D eigenvalue weighted by molar-refractivity contribution is 5.88. The van der Waals surface area contributed by atoms with Crippen LogP contribution in [0.3, 0.4) is 0 Å². The van der Waals surface area contributed by atoms with Crippen LogP contribution in [0.1, 0.15) is 30.4 Å². The van der Waals surface area contributed by atoms with Gasteiger partial charge < -0.3 is 15.0 Å². The van der Waals surface area contributed by atoms with Crippen molar-refractivity contribution >= 4 is 11.8 Å². The zero-order valence-electron chi connectivity index (χ0n) is 17.2. The van der Waals surface area contributed by atoms with Crippen LogP contribution in [0.5, 0.6) is 5.75 Å². The molecule has 1 aliphatic carbocycles. The first-order valence-electron chi connectivity index (χ1n) is 10.1. The SMILES string of the molecule is CN(Cc1ccccc1)C(=O)[C@@H]1CCC[C@H]1C(=O)NCc1ccc(OC(F)(F)F)cc1. The molecule has 0 unspecified atom stereocenters. The van der Waals surface area contributed by atoms with Crippen LogP contribution in [0.25, 0.3) is 0 Å². The van der Waals surface area contributed by atoms with E-state index < -0.39 is 12.3 Å². The molecule has 3 rings (SSSR count). The number of nitrogens with one attached hydrogen (secondary N) is 1. The Bertz CT molecular complexity index is 885. The van der Waals surface area contributed by atoms with Crippen molar-refractivity contribution in [3.8, 4) is 5.75 Å². The molecule has 2 atom stereocenters. The Labute approximate surface area is 179 Å². The Balaban J connectivity index is 1.54. The monoisotopic (exact) mass is 434 g/mol. The Morgan fingerprint density at radius 2 is 1.65 bits per heavy atom. The molecule has 0 spiro atoms. The molecule has 166 valence electrons. The maximum absolute atomic E-state index is 12.9. The van der Waals surface area contributed by atoms with E-state index in [-0.39, 0.29) is 30.0 Å². The van der Waals surface area contributed by atoms with Crippen LogP contribution in [0.4, 0.5) is 13.2 Å². The van der Waals surface area contributed by atoms with Gasteiger partial charge in [0.1, 0.15) is 5.75 Å². The minimum Gasteiger partial charge on any atom is -0.406 e. The summed E-state index contributed by atoms with van der Waals surface area (Å²) < 4.78 is 40.6. The molecule has 0 bridgehead atoms. The molecule has 2 aromatic carbocycles. The van der Waals surface area contributed by atoms with Crippen molar-refractivity contribution in [3.05, 3.63) is 65.7 Å². The lowest BCUT2D eigenvalue weighted by atomic mass is 9.93. The average molecular weight is 434 g/mol. The van der Waals surface area contributed by atoms with Gasteiger partial charge in [-0.05, 0) is 36.1 Å². The van der Waals surface area contributed by atoms with Gasteiger partial charge in [-0.2, -0.15) is 0 Å². The molecule has 1 N–H and O–H groups in total. The first-order chi connectivity index (χ1) is 14.7. The second kappa shape index (κ2) is 9.85. The summed E-state index contributed by atoms with van der Waals surface area (Å²) in [6, 6.07) is 15.0. The third-order valence-corrected chi connectivity index (χ3v) is 5.43. The number of halogens is 3. The molecule has 0 aliphatic heterocycles. The Morgan fingerprint density at radius 1 is 1.00 bits per heavy atom. The Hall–Kier alpha value is -3.03. The van der Waals surface area contributed by atoms with E-state index in [9.17, 15) is 22.8 Å². The largest absolute Gasteiger partial charge is 0.573 e. The van der Waals surface area contributed by atoms with E-state index in [1.165, 1.54) is 24.3 Å². The molecule has 0 aromatic heterocycles. The molecule has 1 saturated carbocycles. The van der Waals surface area contributed by atoms with Crippen molar-refractivity contribution < 1.29 is 27.5 Å². The van der Waals surface area contributed by atoms with E-state index in [1.807, 2.05) is 30.3 Å². The third-order valence-electron chi connectivity index (χ3n) is 5.43. The molecule has 31 heavy (non-hydrogen) atoms. The summed E-state index contributed by atoms with van der Waals surface area (Å²) in [7, 11) is 1.74. The van der Waals surface area contributed by atoms with Crippen LogP contribution in [0.2, 0.25) is 0 Å². The number of alkyl halides is 3. The molecule has 1 fully saturated rings. The maximum Gasteiger partial charge on any atom is 0.573 e. The number of hydrogen-bond acceptors (Lipinski definition) is 3. The average Bonchev–Trinajstić information content (AvgIpc) is 3.22. The fraction of sp³-hybridized carbons (Fsp3) is 0.391. The molecule has 8 heteroatoms. The highest BCUT2D eigenvalue weighted by Gasteiger charge is 2.38. The van der Waals surface area contributed by atoms with Crippen molar-refractivity contribution in [2.75, 3.05) is 7.05 Å². The number of carbonyl (C=O) groups is 2. The first kappa shape index (κ1) is 22.7. The van der Waals surface area contributed by atoms with Gasteiger partial charge in [0.2, 0.25) is 11.8 Å². The lowest BCUT2D eigenvalue weighted by Crippen LogP contribution is -2.40. The Kier molecular flexibility index (Phi) is 7.20. The Morgan fingerprint density at radius 3 is 2.29 bits per heavy atom. The fourth-order valence-electron chi connectivity index (χ4n) is 3.92.